The summed E-state index contributed by atoms with van der Waals surface area (Å²) < 4.78 is 9.88. The monoisotopic (exact) mass is 512 g/mol. The standard InChI is InChI=1S/C10H12Br4O4/c11-7(12)3-5-17-9(15)1-2-10(16)18-6-4-8(13)14/h1-2,7-8H,3-6H2/b2-1-. The highest BCUT2D eigenvalue weighted by molar-refractivity contribution is 9.25. The molecule has 0 spiro atoms. The molecule has 0 aliphatic rings. The van der Waals surface area contributed by atoms with Crippen LogP contribution >= 0.6 is 63.7 Å². The molecule has 0 aromatic heterocycles. The van der Waals surface area contributed by atoms with Crippen molar-refractivity contribution in [3.8, 4) is 0 Å². The van der Waals surface area contributed by atoms with Crippen molar-refractivity contribution in [2.75, 3.05) is 13.2 Å². The zero-order chi connectivity index (χ0) is 14.0. The van der Waals surface area contributed by atoms with Crippen LogP contribution in [0.1, 0.15) is 12.8 Å². The topological polar surface area (TPSA) is 52.6 Å². The van der Waals surface area contributed by atoms with E-state index >= 15 is 0 Å². The van der Waals surface area contributed by atoms with Gasteiger partial charge in [-0.1, -0.05) is 63.7 Å². The Hall–Kier alpha value is 0.600. The summed E-state index contributed by atoms with van der Waals surface area (Å²) in [5, 5.41) is 0. The number of hydrogen-bond donors (Lipinski definition) is 0. The van der Waals surface area contributed by atoms with Gasteiger partial charge >= 0.3 is 11.9 Å². The van der Waals surface area contributed by atoms with Crippen molar-refractivity contribution in [2.45, 2.75) is 20.3 Å². The maximum absolute atomic E-state index is 11.1. The Morgan fingerprint density at radius 2 is 1.17 bits per heavy atom. The second-order valence-electron chi connectivity index (χ2n) is 3.03. The minimum absolute atomic E-state index is 0.105. The van der Waals surface area contributed by atoms with Gasteiger partial charge in [0.05, 0.1) is 20.7 Å². The number of alkyl halides is 4. The summed E-state index contributed by atoms with van der Waals surface area (Å²) in [5.41, 5.74) is 0. The van der Waals surface area contributed by atoms with Gasteiger partial charge in [0.25, 0.3) is 0 Å². The molecule has 0 N–H and O–H groups in total. The molecule has 8 heteroatoms. The largest absolute Gasteiger partial charge is 0.462 e. The van der Waals surface area contributed by atoms with Crippen molar-refractivity contribution in [3.63, 3.8) is 0 Å². The molecule has 0 rings (SSSR count). The molecule has 0 unspecified atom stereocenters. The highest BCUT2D eigenvalue weighted by Crippen LogP contribution is 2.12. The molecule has 0 amide bonds. The first-order valence-electron chi connectivity index (χ1n) is 4.99. The molecule has 0 aromatic rings. The smallest absolute Gasteiger partial charge is 0.331 e. The molecule has 18 heavy (non-hydrogen) atoms. The fraction of sp³-hybridized carbons (Fsp3) is 0.600. The van der Waals surface area contributed by atoms with E-state index in [2.05, 4.69) is 63.7 Å². The van der Waals surface area contributed by atoms with E-state index in [1.165, 1.54) is 0 Å². The zero-order valence-corrected chi connectivity index (χ0v) is 15.6. The minimum Gasteiger partial charge on any atom is -0.462 e. The number of hydrogen-bond acceptors (Lipinski definition) is 4. The SMILES string of the molecule is O=C(/C=C\C(=O)OCCC(Br)Br)OCCC(Br)Br. The van der Waals surface area contributed by atoms with E-state index in [-0.39, 0.29) is 20.7 Å². The van der Waals surface area contributed by atoms with Crippen LogP contribution in [0.25, 0.3) is 0 Å². The summed E-state index contributed by atoms with van der Waals surface area (Å²) in [7, 11) is 0. The van der Waals surface area contributed by atoms with E-state index in [0.717, 1.165) is 12.2 Å². The number of ether oxygens (including phenoxy) is 2. The molecule has 0 saturated carbocycles. The molecule has 0 aromatic carbocycles. The Kier molecular flexibility index (Phi) is 11.8. The molecule has 0 radical (unpaired) electrons. The average molecular weight is 516 g/mol. The van der Waals surface area contributed by atoms with Gasteiger partial charge in [-0.25, -0.2) is 9.59 Å². The second-order valence-corrected chi connectivity index (χ2v) is 9.91. The average Bonchev–Trinajstić information content (AvgIpc) is 2.25. The van der Waals surface area contributed by atoms with Crippen molar-refractivity contribution >= 4 is 75.7 Å². The van der Waals surface area contributed by atoms with Crippen molar-refractivity contribution in [2.24, 2.45) is 0 Å². The lowest BCUT2D eigenvalue weighted by Crippen LogP contribution is -2.07. The number of carbonyl (C=O) groups is 2. The molecule has 104 valence electrons. The van der Waals surface area contributed by atoms with Crippen LogP contribution in [0.2, 0.25) is 0 Å². The fourth-order valence-corrected chi connectivity index (χ4v) is 1.48. The quantitative estimate of drug-likeness (QED) is 0.281. The van der Waals surface area contributed by atoms with E-state index in [0.29, 0.717) is 12.8 Å². The number of rotatable bonds is 8. The van der Waals surface area contributed by atoms with E-state index in [1.54, 1.807) is 0 Å². The van der Waals surface area contributed by atoms with Gasteiger partial charge in [0, 0.05) is 25.0 Å². The molecule has 0 atom stereocenters. The van der Waals surface area contributed by atoms with Gasteiger partial charge < -0.3 is 9.47 Å². The third kappa shape index (κ3) is 13.0. The number of carbonyl (C=O) groups excluding carboxylic acids is 2. The van der Waals surface area contributed by atoms with Gasteiger partial charge in [0.2, 0.25) is 0 Å². The molecule has 0 fully saturated rings. The van der Waals surface area contributed by atoms with Crippen molar-refractivity contribution < 1.29 is 19.1 Å². The highest BCUT2D eigenvalue weighted by atomic mass is 79.9. The molecule has 0 heterocycles. The van der Waals surface area contributed by atoms with Crippen LogP contribution in [0.3, 0.4) is 0 Å². The van der Waals surface area contributed by atoms with Gasteiger partial charge in [-0.15, -0.1) is 0 Å². The van der Waals surface area contributed by atoms with Crippen molar-refractivity contribution in [1.29, 1.82) is 0 Å². The van der Waals surface area contributed by atoms with E-state index in [1.807, 2.05) is 0 Å². The number of halogens is 4. The van der Waals surface area contributed by atoms with Gasteiger partial charge in [-0.3, -0.25) is 0 Å². The Labute approximate surface area is 139 Å². The molecule has 0 saturated heterocycles. The maximum atomic E-state index is 11.1. The lowest BCUT2D eigenvalue weighted by atomic mass is 10.5. The molecule has 0 bridgehead atoms. The Morgan fingerprint density at radius 3 is 1.44 bits per heavy atom. The molecular weight excluding hydrogens is 504 g/mol. The van der Waals surface area contributed by atoms with Crippen molar-refractivity contribution in [3.05, 3.63) is 12.2 Å². The van der Waals surface area contributed by atoms with Crippen LogP contribution in [0.5, 0.6) is 0 Å². The molecule has 0 aliphatic heterocycles. The van der Waals surface area contributed by atoms with Gasteiger partial charge in [-0.05, 0) is 0 Å². The summed E-state index contributed by atoms with van der Waals surface area (Å²) in [6.07, 6.45) is 3.39. The summed E-state index contributed by atoms with van der Waals surface area (Å²) in [4.78, 5) is 22.3. The Morgan fingerprint density at radius 1 is 0.833 bits per heavy atom. The van der Waals surface area contributed by atoms with Crippen LogP contribution in [0.4, 0.5) is 0 Å². The number of esters is 2. The minimum atomic E-state index is -0.563. The van der Waals surface area contributed by atoms with Crippen LogP contribution in [-0.2, 0) is 19.1 Å². The summed E-state index contributed by atoms with van der Waals surface area (Å²) in [5.74, 6) is -1.13. The highest BCUT2D eigenvalue weighted by Gasteiger charge is 2.04. The van der Waals surface area contributed by atoms with E-state index in [4.69, 9.17) is 9.47 Å². The summed E-state index contributed by atoms with van der Waals surface area (Å²) in [6.45, 7) is 0.544. The van der Waals surface area contributed by atoms with E-state index < -0.39 is 11.9 Å². The first-order valence-corrected chi connectivity index (χ1v) is 8.66. The summed E-state index contributed by atoms with van der Waals surface area (Å²) >= 11 is 13.0. The molecule has 4 nitrogen and oxygen atoms in total. The predicted octanol–water partition coefficient (Wildman–Crippen LogP) is 3.64. The van der Waals surface area contributed by atoms with Crippen molar-refractivity contribution in [1.82, 2.24) is 0 Å². The zero-order valence-electron chi connectivity index (χ0n) is 9.28. The van der Waals surface area contributed by atoms with Crippen LogP contribution in [0.15, 0.2) is 12.2 Å². The molecule has 0 aliphatic carbocycles. The van der Waals surface area contributed by atoms with Gasteiger partial charge in [-0.2, -0.15) is 0 Å². The van der Waals surface area contributed by atoms with Gasteiger partial charge in [0.1, 0.15) is 0 Å². The Balaban J connectivity index is 3.71. The molecular formula is C10H12Br4O4. The van der Waals surface area contributed by atoms with Gasteiger partial charge in [0.15, 0.2) is 0 Å². The first kappa shape index (κ1) is 18.6. The summed E-state index contributed by atoms with van der Waals surface area (Å²) in [6, 6.07) is 0. The maximum Gasteiger partial charge on any atom is 0.331 e. The lowest BCUT2D eigenvalue weighted by Gasteiger charge is -2.03. The Bertz CT molecular complexity index is 264. The van der Waals surface area contributed by atoms with E-state index in [9.17, 15) is 9.59 Å². The third-order valence-corrected chi connectivity index (χ3v) is 3.35. The van der Waals surface area contributed by atoms with Crippen LogP contribution in [-0.4, -0.2) is 32.6 Å². The second kappa shape index (κ2) is 11.4. The van der Waals surface area contributed by atoms with Crippen LogP contribution in [0, 0.1) is 0 Å². The predicted molar refractivity (Wildman–Crippen MR) is 83.6 cm³/mol. The lowest BCUT2D eigenvalue weighted by molar-refractivity contribution is -0.140. The fourth-order valence-electron chi connectivity index (χ4n) is 0.730. The third-order valence-electron chi connectivity index (χ3n) is 1.52. The normalized spacial score (nSPS) is 11.2. The van der Waals surface area contributed by atoms with Crippen LogP contribution < -0.4 is 0 Å². The first-order chi connectivity index (χ1) is 8.41.